The zero-order chi connectivity index (χ0) is 17.5. The molecule has 1 unspecified atom stereocenters. The van der Waals surface area contributed by atoms with Crippen molar-refractivity contribution in [2.45, 2.75) is 46.1 Å². The van der Waals surface area contributed by atoms with Crippen LogP contribution in [0.25, 0.3) is 0 Å². The second kappa shape index (κ2) is 8.74. The van der Waals surface area contributed by atoms with E-state index in [0.29, 0.717) is 19.1 Å². The molecule has 0 aromatic carbocycles. The minimum Gasteiger partial charge on any atom is -0.466 e. The molecule has 132 valence electrons. The molecule has 2 N–H and O–H groups in total. The first-order valence-corrected chi connectivity index (χ1v) is 8.20. The molecule has 0 saturated carbocycles. The first kappa shape index (κ1) is 19.3. The number of hydrogen-bond donors (Lipinski definition) is 2. The van der Waals surface area contributed by atoms with E-state index in [9.17, 15) is 9.59 Å². The van der Waals surface area contributed by atoms with E-state index < -0.39 is 0 Å². The first-order valence-electron chi connectivity index (χ1n) is 8.20. The van der Waals surface area contributed by atoms with Gasteiger partial charge < -0.3 is 20.3 Å². The lowest BCUT2D eigenvalue weighted by Gasteiger charge is -2.34. The van der Waals surface area contributed by atoms with Crippen molar-refractivity contribution in [3.63, 3.8) is 0 Å². The van der Waals surface area contributed by atoms with Crippen LogP contribution >= 0.6 is 0 Å². The van der Waals surface area contributed by atoms with Gasteiger partial charge in [-0.15, -0.1) is 0 Å². The average molecular weight is 326 g/mol. The molecule has 0 bridgehead atoms. The maximum absolute atomic E-state index is 11.9. The van der Waals surface area contributed by atoms with Crippen molar-refractivity contribution in [3.8, 4) is 0 Å². The fraction of sp³-hybridized carbons (Fsp3) is 0.812. The van der Waals surface area contributed by atoms with Crippen LogP contribution in [-0.2, 0) is 14.3 Å². The number of likely N-dealkylation sites (tertiary alicyclic amines) is 1. The number of piperidine rings is 1. The molecule has 1 fully saturated rings. The molecule has 1 amide bonds. The summed E-state index contributed by atoms with van der Waals surface area (Å²) in [6, 6.07) is 0. The second-order valence-electron chi connectivity index (χ2n) is 6.74. The van der Waals surface area contributed by atoms with Crippen LogP contribution in [0, 0.1) is 5.92 Å². The Bertz CT molecular complexity index is 443. The van der Waals surface area contributed by atoms with Gasteiger partial charge in [-0.2, -0.15) is 0 Å². The van der Waals surface area contributed by atoms with Gasteiger partial charge in [0.2, 0.25) is 5.91 Å². The molecule has 1 aliphatic rings. The number of amides is 1. The third-order valence-corrected chi connectivity index (χ3v) is 3.47. The van der Waals surface area contributed by atoms with Crippen molar-refractivity contribution in [1.82, 2.24) is 15.5 Å². The molecule has 0 aromatic heterocycles. The van der Waals surface area contributed by atoms with E-state index >= 15 is 0 Å². The Morgan fingerprint density at radius 2 is 2.04 bits per heavy atom. The Hall–Kier alpha value is -1.79. The highest BCUT2D eigenvalue weighted by molar-refractivity contribution is 5.87. The summed E-state index contributed by atoms with van der Waals surface area (Å²) in [6.07, 6.45) is 1.73. The van der Waals surface area contributed by atoms with Crippen LogP contribution < -0.4 is 10.6 Å². The average Bonchev–Trinajstić information content (AvgIpc) is 2.46. The van der Waals surface area contributed by atoms with Gasteiger partial charge in [-0.25, -0.2) is 0 Å². The number of esters is 1. The Morgan fingerprint density at radius 3 is 2.61 bits per heavy atom. The van der Waals surface area contributed by atoms with Crippen LogP contribution in [0.5, 0.6) is 0 Å². The molecule has 23 heavy (non-hydrogen) atoms. The summed E-state index contributed by atoms with van der Waals surface area (Å²) >= 11 is 0. The number of aliphatic imine (C=N–C) groups is 1. The van der Waals surface area contributed by atoms with Gasteiger partial charge in [0.15, 0.2) is 5.96 Å². The molecule has 7 heteroatoms. The number of rotatable bonds is 4. The zero-order valence-electron chi connectivity index (χ0n) is 14.9. The molecule has 1 heterocycles. The molecular weight excluding hydrogens is 296 g/mol. The third kappa shape index (κ3) is 6.88. The van der Waals surface area contributed by atoms with Crippen LogP contribution in [0.15, 0.2) is 4.99 Å². The van der Waals surface area contributed by atoms with Gasteiger partial charge in [-0.1, -0.05) is 0 Å². The predicted molar refractivity (Wildman–Crippen MR) is 90.2 cm³/mol. The van der Waals surface area contributed by atoms with Gasteiger partial charge in [0.25, 0.3) is 0 Å². The molecular formula is C16H30N4O3. The van der Waals surface area contributed by atoms with Gasteiger partial charge in [0.05, 0.1) is 19.1 Å². The molecule has 0 radical (unpaired) electrons. The fourth-order valence-corrected chi connectivity index (χ4v) is 2.58. The van der Waals surface area contributed by atoms with Crippen LogP contribution in [0.1, 0.15) is 40.5 Å². The maximum Gasteiger partial charge on any atom is 0.310 e. The van der Waals surface area contributed by atoms with Crippen LogP contribution in [-0.4, -0.2) is 61.6 Å². The topological polar surface area (TPSA) is 83.0 Å². The number of ether oxygens (including phenoxy) is 1. The summed E-state index contributed by atoms with van der Waals surface area (Å²) in [6.45, 7) is 9.57. The quantitative estimate of drug-likeness (QED) is 0.452. The summed E-state index contributed by atoms with van der Waals surface area (Å²) in [7, 11) is 1.68. The standard InChI is InChI=1S/C16H30N4O3/c1-6-23-14(22)12-8-7-9-20(11-12)15(17-5)18-10-13(21)19-16(2,3)4/h12H,6-11H2,1-5H3,(H,17,18)(H,19,21). The molecule has 1 saturated heterocycles. The summed E-state index contributed by atoms with van der Waals surface area (Å²) in [5, 5.41) is 5.96. The largest absolute Gasteiger partial charge is 0.466 e. The number of guanidine groups is 1. The van der Waals surface area contributed by atoms with Crippen molar-refractivity contribution in [3.05, 3.63) is 0 Å². The minimum atomic E-state index is -0.261. The van der Waals surface area contributed by atoms with Gasteiger partial charge >= 0.3 is 5.97 Å². The Labute approximate surface area is 138 Å². The van der Waals surface area contributed by atoms with Gasteiger partial charge in [-0.05, 0) is 40.5 Å². The molecule has 1 aliphatic heterocycles. The van der Waals surface area contributed by atoms with E-state index in [1.54, 1.807) is 7.05 Å². The Kier molecular flexibility index (Phi) is 7.32. The number of nitrogens with one attached hydrogen (secondary N) is 2. The monoisotopic (exact) mass is 326 g/mol. The first-order chi connectivity index (χ1) is 10.8. The predicted octanol–water partition coefficient (Wildman–Crippen LogP) is 0.752. The van der Waals surface area contributed by atoms with Gasteiger partial charge in [-0.3, -0.25) is 14.6 Å². The van der Waals surface area contributed by atoms with Crippen molar-refractivity contribution in [2.24, 2.45) is 10.9 Å². The van der Waals surface area contributed by atoms with Crippen LogP contribution in [0.3, 0.4) is 0 Å². The van der Waals surface area contributed by atoms with E-state index in [2.05, 4.69) is 15.6 Å². The lowest BCUT2D eigenvalue weighted by atomic mass is 9.98. The number of carbonyl (C=O) groups excluding carboxylic acids is 2. The second-order valence-corrected chi connectivity index (χ2v) is 6.74. The molecule has 0 spiro atoms. The summed E-state index contributed by atoms with van der Waals surface area (Å²) in [5.41, 5.74) is -0.261. The Balaban J connectivity index is 2.54. The van der Waals surface area contributed by atoms with Crippen LogP contribution in [0.4, 0.5) is 0 Å². The number of hydrogen-bond acceptors (Lipinski definition) is 4. The molecule has 1 rings (SSSR count). The molecule has 7 nitrogen and oxygen atoms in total. The summed E-state index contributed by atoms with van der Waals surface area (Å²) < 4.78 is 5.11. The number of nitrogens with zero attached hydrogens (tertiary/aromatic N) is 2. The summed E-state index contributed by atoms with van der Waals surface area (Å²) in [5.74, 6) is 0.268. The van der Waals surface area contributed by atoms with Gasteiger partial charge in [0, 0.05) is 25.7 Å². The summed E-state index contributed by atoms with van der Waals surface area (Å²) in [4.78, 5) is 30.0. The smallest absolute Gasteiger partial charge is 0.310 e. The van der Waals surface area contributed by atoms with Gasteiger partial charge in [0.1, 0.15) is 0 Å². The highest BCUT2D eigenvalue weighted by Gasteiger charge is 2.28. The minimum absolute atomic E-state index is 0.0856. The van der Waals surface area contributed by atoms with Crippen molar-refractivity contribution in [2.75, 3.05) is 33.3 Å². The van der Waals surface area contributed by atoms with Crippen molar-refractivity contribution < 1.29 is 14.3 Å². The maximum atomic E-state index is 11.9. The lowest BCUT2D eigenvalue weighted by molar-refractivity contribution is -0.149. The van der Waals surface area contributed by atoms with E-state index in [4.69, 9.17) is 4.74 Å². The fourth-order valence-electron chi connectivity index (χ4n) is 2.58. The number of carbonyl (C=O) groups is 2. The highest BCUT2D eigenvalue weighted by Crippen LogP contribution is 2.18. The van der Waals surface area contributed by atoms with E-state index in [0.717, 1.165) is 19.4 Å². The van der Waals surface area contributed by atoms with Crippen LogP contribution in [0.2, 0.25) is 0 Å². The SMILES string of the molecule is CCOC(=O)C1CCCN(C(=NC)NCC(=O)NC(C)(C)C)C1. The van der Waals surface area contributed by atoms with E-state index in [1.807, 2.05) is 32.6 Å². The third-order valence-electron chi connectivity index (χ3n) is 3.47. The zero-order valence-corrected chi connectivity index (χ0v) is 14.9. The van der Waals surface area contributed by atoms with E-state index in [1.165, 1.54) is 0 Å². The molecule has 0 aliphatic carbocycles. The lowest BCUT2D eigenvalue weighted by Crippen LogP contribution is -2.51. The molecule has 0 aromatic rings. The highest BCUT2D eigenvalue weighted by atomic mass is 16.5. The normalized spacial score (nSPS) is 19.3. The Morgan fingerprint density at radius 1 is 1.35 bits per heavy atom. The van der Waals surface area contributed by atoms with Crippen molar-refractivity contribution in [1.29, 1.82) is 0 Å². The molecule has 1 atom stereocenters. The van der Waals surface area contributed by atoms with E-state index in [-0.39, 0.29) is 29.9 Å². The van der Waals surface area contributed by atoms with Crippen molar-refractivity contribution >= 4 is 17.8 Å².